The number of benzene rings is 1. The lowest BCUT2D eigenvalue weighted by atomic mass is 9.95. The number of nitrogens with two attached hydrogens (primary N) is 1. The van der Waals surface area contributed by atoms with Crippen LogP contribution in [0.4, 0.5) is 4.39 Å². The molecule has 1 aliphatic rings. The van der Waals surface area contributed by atoms with Gasteiger partial charge in [-0.25, -0.2) is 4.39 Å². The first-order valence-corrected chi connectivity index (χ1v) is 7.93. The molecule has 0 aromatic heterocycles. The van der Waals surface area contributed by atoms with E-state index in [2.05, 4.69) is 0 Å². The summed E-state index contributed by atoms with van der Waals surface area (Å²) < 4.78 is 29.3. The molecule has 0 radical (unpaired) electrons. The number of hydrogen-bond acceptors (Lipinski definition) is 3. The predicted octanol–water partition coefficient (Wildman–Crippen LogP) is 1.91. The van der Waals surface area contributed by atoms with Crippen molar-refractivity contribution in [1.82, 2.24) is 0 Å². The average Bonchev–Trinajstić information content (AvgIpc) is 2.87. The van der Waals surface area contributed by atoms with Gasteiger partial charge >= 0.3 is 0 Å². The van der Waals surface area contributed by atoms with Crippen molar-refractivity contribution in [3.8, 4) is 0 Å². The number of methoxy groups -OCH3 is 1. The van der Waals surface area contributed by atoms with Gasteiger partial charge in [0.1, 0.15) is 6.67 Å². The quantitative estimate of drug-likeness (QED) is 0.899. The second-order valence-corrected chi connectivity index (χ2v) is 6.56. The first-order valence-electron chi connectivity index (χ1n) is 6.45. The number of hydrogen-bond donors (Lipinski definition) is 1. The molecule has 1 aromatic carbocycles. The van der Waals surface area contributed by atoms with Crippen LogP contribution in [0.1, 0.15) is 29.6 Å². The third kappa shape index (κ3) is 3.41. The zero-order valence-corrected chi connectivity index (χ0v) is 11.9. The van der Waals surface area contributed by atoms with E-state index in [4.69, 9.17) is 10.5 Å². The smallest absolute Gasteiger partial charge is 0.107 e. The molecule has 0 saturated carbocycles. The molecule has 2 rings (SSSR count). The van der Waals surface area contributed by atoms with Gasteiger partial charge in [0.2, 0.25) is 0 Å². The van der Waals surface area contributed by atoms with Crippen molar-refractivity contribution in [2.75, 3.05) is 25.3 Å². The van der Waals surface area contributed by atoms with Gasteiger partial charge in [-0.05, 0) is 23.5 Å². The molecule has 0 bridgehead atoms. The third-order valence-electron chi connectivity index (χ3n) is 3.64. The summed E-state index contributed by atoms with van der Waals surface area (Å²) in [5, 5.41) is 0. The maximum absolute atomic E-state index is 12.6. The minimum atomic E-state index is -0.672. The Morgan fingerprint density at radius 2 is 2.16 bits per heavy atom. The molecule has 2 unspecified atom stereocenters. The molecule has 5 heteroatoms. The number of rotatable bonds is 5. The summed E-state index contributed by atoms with van der Waals surface area (Å²) in [6, 6.07) is 7.24. The molecule has 106 valence electrons. The van der Waals surface area contributed by atoms with Crippen LogP contribution in [0.5, 0.6) is 0 Å². The van der Waals surface area contributed by atoms with E-state index < -0.39 is 29.6 Å². The molecule has 2 N–H and O–H groups in total. The Kier molecular flexibility index (Phi) is 5.07. The normalized spacial score (nSPS) is 26.3. The second-order valence-electron chi connectivity index (χ2n) is 4.94. The van der Waals surface area contributed by atoms with Gasteiger partial charge in [0, 0.05) is 29.4 Å². The monoisotopic (exact) mass is 285 g/mol. The van der Waals surface area contributed by atoms with E-state index in [1.165, 1.54) is 12.7 Å². The minimum Gasteiger partial charge on any atom is -0.375 e. The lowest BCUT2D eigenvalue weighted by Crippen LogP contribution is -2.31. The van der Waals surface area contributed by atoms with Crippen LogP contribution in [0.3, 0.4) is 0 Å². The molecule has 1 aliphatic heterocycles. The van der Waals surface area contributed by atoms with Crippen LogP contribution in [0, 0.1) is 0 Å². The Bertz CT molecular complexity index is 438. The van der Waals surface area contributed by atoms with Gasteiger partial charge in [0.25, 0.3) is 0 Å². The van der Waals surface area contributed by atoms with Gasteiger partial charge in [-0.15, -0.1) is 0 Å². The van der Waals surface area contributed by atoms with Crippen molar-refractivity contribution >= 4 is 10.8 Å². The van der Waals surface area contributed by atoms with Crippen molar-refractivity contribution in [3.05, 3.63) is 35.4 Å². The fraction of sp³-hybridized carbons (Fsp3) is 0.571. The van der Waals surface area contributed by atoms with Crippen LogP contribution in [-0.2, 0) is 15.5 Å². The fourth-order valence-corrected chi connectivity index (χ4v) is 4.05. The van der Waals surface area contributed by atoms with Gasteiger partial charge in [-0.2, -0.15) is 0 Å². The Labute approximate surface area is 115 Å². The average molecular weight is 285 g/mol. The summed E-state index contributed by atoms with van der Waals surface area (Å²) in [6.07, 6.45) is 0.556. The summed E-state index contributed by atoms with van der Waals surface area (Å²) in [6.45, 7) is -0.609. The van der Waals surface area contributed by atoms with Gasteiger partial charge in [-0.1, -0.05) is 24.3 Å². The highest BCUT2D eigenvalue weighted by Crippen LogP contribution is 2.28. The molecule has 19 heavy (non-hydrogen) atoms. The van der Waals surface area contributed by atoms with Crippen molar-refractivity contribution in [2.24, 2.45) is 5.73 Å². The van der Waals surface area contributed by atoms with E-state index in [0.29, 0.717) is 5.92 Å². The SMILES string of the molecule is CO[C@H](c1ccc(C2CCS(=O)C2)cc1)[C@H](N)CF. The summed E-state index contributed by atoms with van der Waals surface area (Å²) in [5.74, 6) is 1.92. The number of halogens is 1. The summed E-state index contributed by atoms with van der Waals surface area (Å²) in [5.41, 5.74) is 7.78. The van der Waals surface area contributed by atoms with E-state index in [1.54, 1.807) is 0 Å². The first kappa shape index (κ1) is 14.6. The van der Waals surface area contributed by atoms with Gasteiger partial charge < -0.3 is 10.5 Å². The maximum Gasteiger partial charge on any atom is 0.107 e. The van der Waals surface area contributed by atoms with Crippen molar-refractivity contribution in [3.63, 3.8) is 0 Å². The molecule has 1 heterocycles. The molecule has 0 aliphatic carbocycles. The topological polar surface area (TPSA) is 52.3 Å². The fourth-order valence-electron chi connectivity index (χ4n) is 2.52. The van der Waals surface area contributed by atoms with Crippen LogP contribution in [0.2, 0.25) is 0 Å². The molecule has 3 nitrogen and oxygen atoms in total. The Balaban J connectivity index is 2.11. The van der Waals surface area contributed by atoms with E-state index in [1.807, 2.05) is 24.3 Å². The van der Waals surface area contributed by atoms with E-state index in [-0.39, 0.29) is 0 Å². The predicted molar refractivity (Wildman–Crippen MR) is 75.4 cm³/mol. The van der Waals surface area contributed by atoms with Crippen LogP contribution in [0.25, 0.3) is 0 Å². The summed E-state index contributed by atoms with van der Waals surface area (Å²) in [7, 11) is 0.864. The van der Waals surface area contributed by atoms with Crippen molar-refractivity contribution in [1.29, 1.82) is 0 Å². The van der Waals surface area contributed by atoms with Gasteiger partial charge in [0.05, 0.1) is 12.1 Å². The lowest BCUT2D eigenvalue weighted by molar-refractivity contribution is 0.0720. The maximum atomic E-state index is 12.6. The molecule has 0 amide bonds. The molecular weight excluding hydrogens is 265 g/mol. The Hall–Kier alpha value is -0.780. The lowest BCUT2D eigenvalue weighted by Gasteiger charge is -2.21. The zero-order chi connectivity index (χ0) is 13.8. The molecule has 4 atom stereocenters. The number of ether oxygens (including phenoxy) is 1. The van der Waals surface area contributed by atoms with Crippen LogP contribution < -0.4 is 5.73 Å². The first-order chi connectivity index (χ1) is 9.15. The third-order valence-corrected chi connectivity index (χ3v) is 5.10. The molecule has 1 fully saturated rings. The highest BCUT2D eigenvalue weighted by Gasteiger charge is 2.24. The van der Waals surface area contributed by atoms with E-state index in [0.717, 1.165) is 23.5 Å². The molecular formula is C14H20FNO2S. The minimum absolute atomic E-state index is 0.380. The van der Waals surface area contributed by atoms with E-state index in [9.17, 15) is 8.60 Å². The molecule has 0 spiro atoms. The zero-order valence-electron chi connectivity index (χ0n) is 11.0. The Morgan fingerprint density at radius 3 is 2.63 bits per heavy atom. The van der Waals surface area contributed by atoms with Crippen molar-refractivity contribution < 1.29 is 13.3 Å². The molecule has 1 aromatic rings. The van der Waals surface area contributed by atoms with Crippen LogP contribution in [0.15, 0.2) is 24.3 Å². The van der Waals surface area contributed by atoms with Crippen LogP contribution >= 0.6 is 0 Å². The highest BCUT2D eigenvalue weighted by atomic mass is 32.2. The van der Waals surface area contributed by atoms with Crippen LogP contribution in [-0.4, -0.2) is 35.5 Å². The Morgan fingerprint density at radius 1 is 1.47 bits per heavy atom. The van der Waals surface area contributed by atoms with Gasteiger partial charge in [-0.3, -0.25) is 4.21 Å². The summed E-state index contributed by atoms with van der Waals surface area (Å²) in [4.78, 5) is 0. The second kappa shape index (κ2) is 6.59. The highest BCUT2D eigenvalue weighted by molar-refractivity contribution is 7.85. The largest absolute Gasteiger partial charge is 0.375 e. The number of alkyl halides is 1. The van der Waals surface area contributed by atoms with Crippen molar-refractivity contribution in [2.45, 2.75) is 24.5 Å². The molecule has 1 saturated heterocycles. The standard InChI is InChI=1S/C14H20FNO2S/c1-18-14(13(16)8-15)11-4-2-10(3-5-11)12-6-7-19(17)9-12/h2-5,12-14H,6-9,16H2,1H3/t12?,13-,14-,19?/m1/s1. The van der Waals surface area contributed by atoms with E-state index >= 15 is 0 Å². The van der Waals surface area contributed by atoms with Gasteiger partial charge in [0.15, 0.2) is 0 Å². The summed E-state index contributed by atoms with van der Waals surface area (Å²) >= 11 is 0.